The molecule has 0 radical (unpaired) electrons. The molecule has 2 N–H and O–H groups in total. The molecule has 29 heavy (non-hydrogen) atoms. The maximum atomic E-state index is 9.51. The lowest BCUT2D eigenvalue weighted by Crippen LogP contribution is -2.20. The van der Waals surface area contributed by atoms with Crippen molar-refractivity contribution in [1.29, 1.82) is 0 Å². The average molecular weight is 392 g/mol. The van der Waals surface area contributed by atoms with Gasteiger partial charge in [0.25, 0.3) is 0 Å². The van der Waals surface area contributed by atoms with Gasteiger partial charge in [0.2, 0.25) is 0 Å². The lowest BCUT2D eigenvalue weighted by Gasteiger charge is -2.30. The Hall–Kier alpha value is -2.98. The van der Waals surface area contributed by atoms with E-state index >= 15 is 0 Å². The van der Waals surface area contributed by atoms with Gasteiger partial charge in [-0.1, -0.05) is 42.5 Å². The number of benzene rings is 3. The number of rotatable bonds is 10. The predicted octanol–water partition coefficient (Wildman–Crippen LogP) is 5.41. The van der Waals surface area contributed by atoms with Gasteiger partial charge in [-0.2, -0.15) is 0 Å². The van der Waals surface area contributed by atoms with Gasteiger partial charge in [0.05, 0.1) is 20.3 Å². The Labute approximate surface area is 173 Å². The molecule has 0 aliphatic rings. The van der Waals surface area contributed by atoms with Crippen molar-refractivity contribution in [1.82, 2.24) is 0 Å². The summed E-state index contributed by atoms with van der Waals surface area (Å²) in [6.07, 6.45) is 1.57. The topological polar surface area (TPSA) is 50.7 Å². The molecule has 0 spiro atoms. The molecule has 0 heterocycles. The van der Waals surface area contributed by atoms with E-state index in [0.717, 1.165) is 30.0 Å². The van der Waals surface area contributed by atoms with Crippen LogP contribution in [0.1, 0.15) is 35.9 Å². The molecule has 0 amide bonds. The molecule has 4 heteroatoms. The second-order valence-corrected chi connectivity index (χ2v) is 7.01. The van der Waals surface area contributed by atoms with E-state index < -0.39 is 0 Å². The Morgan fingerprint density at radius 2 is 1.52 bits per heavy atom. The molecule has 2 unspecified atom stereocenters. The van der Waals surface area contributed by atoms with Crippen molar-refractivity contribution in [3.63, 3.8) is 0 Å². The van der Waals surface area contributed by atoms with Gasteiger partial charge in [0.1, 0.15) is 11.5 Å². The van der Waals surface area contributed by atoms with Crippen LogP contribution in [0.2, 0.25) is 0 Å². The monoisotopic (exact) mass is 391 g/mol. The number of hydrogen-bond acceptors (Lipinski definition) is 4. The molecule has 3 aromatic carbocycles. The first-order valence-corrected chi connectivity index (χ1v) is 9.95. The molecule has 4 nitrogen and oxygen atoms in total. The Morgan fingerprint density at radius 3 is 2.17 bits per heavy atom. The zero-order chi connectivity index (χ0) is 20.5. The highest BCUT2D eigenvalue weighted by molar-refractivity contribution is 5.48. The van der Waals surface area contributed by atoms with E-state index in [4.69, 9.17) is 9.47 Å². The zero-order valence-electron chi connectivity index (χ0n) is 17.0. The first kappa shape index (κ1) is 20.7. The lowest BCUT2D eigenvalue weighted by atomic mass is 9.83. The number of nitrogens with one attached hydrogen (secondary N) is 1. The Balaban J connectivity index is 2.02. The number of methoxy groups -OCH3 is 2. The third kappa shape index (κ3) is 5.52. The van der Waals surface area contributed by atoms with E-state index in [1.54, 1.807) is 14.2 Å². The van der Waals surface area contributed by atoms with Gasteiger partial charge in [0, 0.05) is 18.2 Å². The third-order valence-corrected chi connectivity index (χ3v) is 5.17. The smallest absolute Gasteiger partial charge is 0.119 e. The van der Waals surface area contributed by atoms with Gasteiger partial charge in [-0.3, -0.25) is 0 Å². The Bertz CT molecular complexity index is 865. The molecule has 0 aliphatic heterocycles. The number of aliphatic hydroxyl groups is 1. The number of ether oxygens (including phenoxy) is 2. The summed E-state index contributed by atoms with van der Waals surface area (Å²) >= 11 is 0. The van der Waals surface area contributed by atoms with E-state index in [0.29, 0.717) is 0 Å². The van der Waals surface area contributed by atoms with Crippen molar-refractivity contribution < 1.29 is 14.6 Å². The molecule has 3 rings (SSSR count). The highest BCUT2D eigenvalue weighted by Gasteiger charge is 2.25. The van der Waals surface area contributed by atoms with E-state index in [2.05, 4.69) is 41.7 Å². The van der Waals surface area contributed by atoms with E-state index in [9.17, 15) is 5.11 Å². The van der Waals surface area contributed by atoms with Crippen LogP contribution in [0.25, 0.3) is 0 Å². The fourth-order valence-corrected chi connectivity index (χ4v) is 3.65. The van der Waals surface area contributed by atoms with Crippen molar-refractivity contribution in [3.8, 4) is 11.5 Å². The van der Waals surface area contributed by atoms with Crippen LogP contribution in [0.5, 0.6) is 11.5 Å². The Kier molecular flexibility index (Phi) is 7.54. The molecule has 152 valence electrons. The van der Waals surface area contributed by atoms with Gasteiger partial charge in [-0.05, 0) is 60.4 Å². The summed E-state index contributed by atoms with van der Waals surface area (Å²) in [5.41, 5.74) is 3.41. The first-order chi connectivity index (χ1) is 14.2. The van der Waals surface area contributed by atoms with Gasteiger partial charge in [-0.25, -0.2) is 0 Å². The van der Waals surface area contributed by atoms with Crippen molar-refractivity contribution in [2.75, 3.05) is 26.1 Å². The van der Waals surface area contributed by atoms with Gasteiger partial charge in [-0.15, -0.1) is 0 Å². The quantitative estimate of drug-likeness (QED) is 0.485. The minimum Gasteiger partial charge on any atom is -0.497 e. The number of aliphatic hydroxyl groups excluding tert-OH is 1. The summed E-state index contributed by atoms with van der Waals surface area (Å²) in [4.78, 5) is 0. The average Bonchev–Trinajstić information content (AvgIpc) is 2.79. The second kappa shape index (κ2) is 10.5. The number of anilines is 1. The molecule has 3 aromatic rings. The lowest BCUT2D eigenvalue weighted by molar-refractivity contribution is 0.277. The van der Waals surface area contributed by atoms with Crippen molar-refractivity contribution >= 4 is 5.69 Å². The van der Waals surface area contributed by atoms with Crippen LogP contribution in [0.4, 0.5) is 5.69 Å². The normalized spacial score (nSPS) is 12.8. The standard InChI is InChI=1S/C25H29NO3/c1-28-22-15-13-19(14-16-22)25(26-21-9-4-3-5-10-21)24(12-7-17-27)20-8-6-11-23(18-20)29-2/h3-6,8-11,13-16,18,24-27H,7,12,17H2,1-2H3. The maximum Gasteiger partial charge on any atom is 0.119 e. The molecule has 2 atom stereocenters. The summed E-state index contributed by atoms with van der Waals surface area (Å²) in [5, 5.41) is 13.2. The number of hydrogen-bond donors (Lipinski definition) is 2. The predicted molar refractivity (Wildman–Crippen MR) is 118 cm³/mol. The molecule has 0 saturated heterocycles. The van der Waals surface area contributed by atoms with Crippen LogP contribution in [0.15, 0.2) is 78.9 Å². The van der Waals surface area contributed by atoms with Gasteiger partial charge >= 0.3 is 0 Å². The summed E-state index contributed by atoms with van der Waals surface area (Å²) in [6, 6.07) is 26.6. The second-order valence-electron chi connectivity index (χ2n) is 7.01. The van der Waals surface area contributed by atoms with Crippen LogP contribution in [0, 0.1) is 0 Å². The fourth-order valence-electron chi connectivity index (χ4n) is 3.65. The minimum absolute atomic E-state index is 0.0296. The Morgan fingerprint density at radius 1 is 0.793 bits per heavy atom. The van der Waals surface area contributed by atoms with Crippen LogP contribution in [0.3, 0.4) is 0 Å². The zero-order valence-corrected chi connectivity index (χ0v) is 17.0. The van der Waals surface area contributed by atoms with Crippen molar-refractivity contribution in [3.05, 3.63) is 90.0 Å². The van der Waals surface area contributed by atoms with Crippen molar-refractivity contribution in [2.45, 2.75) is 24.8 Å². The van der Waals surface area contributed by atoms with Gasteiger partial charge < -0.3 is 19.9 Å². The van der Waals surface area contributed by atoms with Crippen molar-refractivity contribution in [2.24, 2.45) is 0 Å². The highest BCUT2D eigenvalue weighted by Crippen LogP contribution is 2.38. The van der Waals surface area contributed by atoms with Gasteiger partial charge in [0.15, 0.2) is 0 Å². The molecule has 0 aromatic heterocycles. The summed E-state index contributed by atoms with van der Waals surface area (Å²) in [5.74, 6) is 1.83. The van der Waals surface area contributed by atoms with Crippen LogP contribution < -0.4 is 14.8 Å². The summed E-state index contributed by atoms with van der Waals surface area (Å²) in [7, 11) is 3.36. The fraction of sp³-hybridized carbons (Fsp3) is 0.280. The molecule has 0 saturated carbocycles. The maximum absolute atomic E-state index is 9.51. The molecule has 0 aliphatic carbocycles. The first-order valence-electron chi connectivity index (χ1n) is 9.95. The molecular weight excluding hydrogens is 362 g/mol. The van der Waals surface area contributed by atoms with Crippen LogP contribution >= 0.6 is 0 Å². The van der Waals surface area contributed by atoms with E-state index in [1.807, 2.05) is 42.5 Å². The molecular formula is C25H29NO3. The van der Waals surface area contributed by atoms with E-state index in [1.165, 1.54) is 11.1 Å². The summed E-state index contributed by atoms with van der Waals surface area (Å²) in [6.45, 7) is 0.168. The number of para-hydroxylation sites is 1. The molecule has 0 fully saturated rings. The van der Waals surface area contributed by atoms with E-state index in [-0.39, 0.29) is 18.6 Å². The van der Waals surface area contributed by atoms with Crippen LogP contribution in [-0.4, -0.2) is 25.9 Å². The third-order valence-electron chi connectivity index (χ3n) is 5.17. The largest absolute Gasteiger partial charge is 0.497 e. The summed E-state index contributed by atoms with van der Waals surface area (Å²) < 4.78 is 10.8. The SMILES string of the molecule is COc1ccc(C(Nc2ccccc2)C(CCCO)c2cccc(OC)c2)cc1. The minimum atomic E-state index is 0.0296. The highest BCUT2D eigenvalue weighted by atomic mass is 16.5. The molecule has 0 bridgehead atoms. The van der Waals surface area contributed by atoms with Crippen LogP contribution in [-0.2, 0) is 0 Å².